The van der Waals surface area contributed by atoms with Gasteiger partial charge >= 0.3 is 0 Å². The van der Waals surface area contributed by atoms with Gasteiger partial charge in [0.05, 0.1) is 10.7 Å². The van der Waals surface area contributed by atoms with Gasteiger partial charge in [0.15, 0.2) is 0 Å². The topological polar surface area (TPSA) is 12.5 Å². The predicted molar refractivity (Wildman–Crippen MR) is 67.9 cm³/mol. The molecule has 1 radical (unpaired) electrons. The normalized spacial score (nSPS) is 17.8. The Morgan fingerprint density at radius 2 is 1.94 bits per heavy atom. The lowest BCUT2D eigenvalue weighted by Gasteiger charge is -2.32. The van der Waals surface area contributed by atoms with Crippen molar-refractivity contribution in [3.63, 3.8) is 0 Å². The van der Waals surface area contributed by atoms with Crippen LogP contribution >= 0.6 is 11.6 Å². The monoisotopic (exact) mass is 238 g/mol. The lowest BCUT2D eigenvalue weighted by atomic mass is 10.1. The molecule has 0 amide bonds. The van der Waals surface area contributed by atoms with Crippen LogP contribution in [0.3, 0.4) is 0 Å². The highest BCUT2D eigenvalue weighted by molar-refractivity contribution is 6.33. The van der Waals surface area contributed by atoms with E-state index in [2.05, 4.69) is 24.0 Å². The fraction of sp³-hybridized carbons (Fsp3) is 0.462. The summed E-state index contributed by atoms with van der Waals surface area (Å²) in [7, 11) is 1.75. The van der Waals surface area contributed by atoms with E-state index in [1.54, 1.807) is 7.11 Å². The van der Waals surface area contributed by atoms with E-state index >= 15 is 0 Å². The number of hydrogen-bond donors (Lipinski definition) is 0. The fourth-order valence-corrected chi connectivity index (χ4v) is 2.42. The quantitative estimate of drug-likeness (QED) is 0.783. The molecule has 2 nitrogen and oxygen atoms in total. The van der Waals surface area contributed by atoms with Crippen LogP contribution in [0.4, 0.5) is 5.69 Å². The van der Waals surface area contributed by atoms with Crippen LogP contribution in [-0.2, 0) is 4.74 Å². The molecule has 1 saturated heterocycles. The smallest absolute Gasteiger partial charge is 0.100 e. The number of nitrogens with zero attached hydrogens (tertiary/aromatic N) is 1. The molecule has 2 rings (SSSR count). The minimum atomic E-state index is 0.848. The number of hydrogen-bond acceptors (Lipinski definition) is 2. The van der Waals surface area contributed by atoms with Crippen LogP contribution in [0.15, 0.2) is 18.2 Å². The highest BCUT2D eigenvalue weighted by atomic mass is 35.5. The maximum absolute atomic E-state index is 6.25. The van der Waals surface area contributed by atoms with Gasteiger partial charge in [0.25, 0.3) is 0 Å². The Bertz CT molecular complexity index is 359. The molecule has 0 bridgehead atoms. The van der Waals surface area contributed by atoms with Gasteiger partial charge < -0.3 is 9.64 Å². The number of anilines is 1. The van der Waals surface area contributed by atoms with Gasteiger partial charge in [-0.15, -0.1) is 0 Å². The molecule has 1 fully saturated rings. The van der Waals surface area contributed by atoms with E-state index < -0.39 is 0 Å². The number of aryl methyl sites for hydroxylation is 1. The highest BCUT2D eigenvalue weighted by Gasteiger charge is 2.20. The first-order valence-corrected chi connectivity index (χ1v) is 5.98. The van der Waals surface area contributed by atoms with Crippen LogP contribution in [0, 0.1) is 13.0 Å². The van der Waals surface area contributed by atoms with Crippen molar-refractivity contribution in [2.75, 3.05) is 25.1 Å². The molecule has 1 aromatic carbocycles. The molecule has 0 saturated carbocycles. The van der Waals surface area contributed by atoms with E-state index in [9.17, 15) is 0 Å². The first-order chi connectivity index (χ1) is 7.70. The second-order valence-electron chi connectivity index (χ2n) is 4.18. The van der Waals surface area contributed by atoms with Gasteiger partial charge in [-0.2, -0.15) is 0 Å². The zero-order valence-corrected chi connectivity index (χ0v) is 10.5. The molecule has 87 valence electrons. The van der Waals surface area contributed by atoms with Crippen LogP contribution in [0.1, 0.15) is 18.4 Å². The fourth-order valence-electron chi connectivity index (χ4n) is 2.07. The van der Waals surface area contributed by atoms with E-state index in [1.165, 1.54) is 11.7 Å². The summed E-state index contributed by atoms with van der Waals surface area (Å²) < 4.78 is 5.28. The summed E-state index contributed by atoms with van der Waals surface area (Å²) in [5.74, 6) is 0. The summed E-state index contributed by atoms with van der Waals surface area (Å²) in [5, 5.41) is 0.848. The average molecular weight is 239 g/mol. The Labute approximate surface area is 102 Å². The van der Waals surface area contributed by atoms with E-state index in [0.717, 1.165) is 36.6 Å². The number of rotatable bonds is 2. The van der Waals surface area contributed by atoms with E-state index in [0.29, 0.717) is 0 Å². The van der Waals surface area contributed by atoms with E-state index in [4.69, 9.17) is 16.3 Å². The third-order valence-corrected chi connectivity index (χ3v) is 3.36. The summed E-state index contributed by atoms with van der Waals surface area (Å²) in [6, 6.07) is 6.23. The number of methoxy groups -OCH3 is 1. The first-order valence-electron chi connectivity index (χ1n) is 5.60. The van der Waals surface area contributed by atoms with Gasteiger partial charge in [0, 0.05) is 20.2 Å². The molecule has 0 N–H and O–H groups in total. The molecule has 0 unspecified atom stereocenters. The van der Waals surface area contributed by atoms with Crippen molar-refractivity contribution in [2.45, 2.75) is 19.8 Å². The van der Waals surface area contributed by atoms with Gasteiger partial charge in [-0.3, -0.25) is 0 Å². The van der Waals surface area contributed by atoms with Crippen molar-refractivity contribution in [3.05, 3.63) is 34.9 Å². The number of halogens is 1. The number of ether oxygens (including phenoxy) is 1. The molecule has 3 heteroatoms. The minimum Gasteiger partial charge on any atom is -0.375 e. The summed E-state index contributed by atoms with van der Waals surface area (Å²) in [4.78, 5) is 2.32. The van der Waals surface area contributed by atoms with Gasteiger partial charge in [-0.25, -0.2) is 0 Å². The Morgan fingerprint density at radius 3 is 2.50 bits per heavy atom. The van der Waals surface area contributed by atoms with Crippen molar-refractivity contribution in [1.29, 1.82) is 0 Å². The summed E-state index contributed by atoms with van der Waals surface area (Å²) in [6.07, 6.45) is 3.20. The molecule has 0 aromatic heterocycles. The lowest BCUT2D eigenvalue weighted by molar-refractivity contribution is 0.177. The van der Waals surface area contributed by atoms with Crippen LogP contribution < -0.4 is 4.90 Å². The highest BCUT2D eigenvalue weighted by Crippen LogP contribution is 2.30. The summed E-state index contributed by atoms with van der Waals surface area (Å²) >= 11 is 6.25. The second kappa shape index (κ2) is 5.07. The SMILES string of the molecule is CO[C]1CCN(c2ccc(C)cc2Cl)CC1. The molecule has 1 aromatic rings. The standard InChI is InChI=1S/C13H17ClNO/c1-10-3-4-13(12(14)9-10)15-7-5-11(16-2)6-8-15/h3-4,9H,5-8H2,1-2H3. The molecular weight excluding hydrogens is 222 g/mol. The zero-order valence-electron chi connectivity index (χ0n) is 9.79. The number of piperidine rings is 1. The third-order valence-electron chi connectivity index (χ3n) is 3.05. The maximum atomic E-state index is 6.25. The van der Waals surface area contributed by atoms with Gasteiger partial charge in [-0.1, -0.05) is 17.7 Å². The van der Waals surface area contributed by atoms with Crippen molar-refractivity contribution >= 4 is 17.3 Å². The Hall–Kier alpha value is -0.730. The summed E-state index contributed by atoms with van der Waals surface area (Å²) in [5.41, 5.74) is 2.34. The van der Waals surface area contributed by atoms with Crippen LogP contribution in [0.25, 0.3) is 0 Å². The second-order valence-corrected chi connectivity index (χ2v) is 4.59. The molecule has 0 spiro atoms. The van der Waals surface area contributed by atoms with Crippen molar-refractivity contribution in [1.82, 2.24) is 0 Å². The van der Waals surface area contributed by atoms with E-state index in [-0.39, 0.29) is 0 Å². The van der Waals surface area contributed by atoms with Gasteiger partial charge in [0.1, 0.15) is 6.10 Å². The average Bonchev–Trinajstić information content (AvgIpc) is 2.29. The zero-order chi connectivity index (χ0) is 11.5. The molecule has 0 atom stereocenters. The Balaban J connectivity index is 2.08. The molecule has 1 aliphatic rings. The van der Waals surface area contributed by atoms with E-state index in [1.807, 2.05) is 6.07 Å². The van der Waals surface area contributed by atoms with Crippen molar-refractivity contribution < 1.29 is 4.74 Å². The Morgan fingerprint density at radius 1 is 1.25 bits per heavy atom. The van der Waals surface area contributed by atoms with Gasteiger partial charge in [-0.05, 0) is 37.5 Å². The third kappa shape index (κ3) is 2.50. The van der Waals surface area contributed by atoms with Crippen LogP contribution in [0.5, 0.6) is 0 Å². The molecule has 1 heterocycles. The molecule has 0 aliphatic carbocycles. The Kier molecular flexibility index (Phi) is 3.72. The van der Waals surface area contributed by atoms with Gasteiger partial charge in [0.2, 0.25) is 0 Å². The van der Waals surface area contributed by atoms with Crippen LogP contribution in [-0.4, -0.2) is 20.2 Å². The first kappa shape index (κ1) is 11.7. The lowest BCUT2D eigenvalue weighted by Crippen LogP contribution is -2.33. The van der Waals surface area contributed by atoms with Crippen molar-refractivity contribution in [3.8, 4) is 0 Å². The number of benzene rings is 1. The maximum Gasteiger partial charge on any atom is 0.100 e. The summed E-state index contributed by atoms with van der Waals surface area (Å²) in [6.45, 7) is 4.04. The largest absolute Gasteiger partial charge is 0.375 e. The predicted octanol–water partition coefficient (Wildman–Crippen LogP) is 3.43. The molecule has 1 aliphatic heterocycles. The van der Waals surface area contributed by atoms with Crippen molar-refractivity contribution in [2.24, 2.45) is 0 Å². The molecule has 16 heavy (non-hydrogen) atoms. The minimum absolute atomic E-state index is 0.848. The van der Waals surface area contributed by atoms with Crippen LogP contribution in [0.2, 0.25) is 5.02 Å². The molecular formula is C13H17ClNO.